The monoisotopic (exact) mass is 452 g/mol. The summed E-state index contributed by atoms with van der Waals surface area (Å²) >= 11 is 0. The minimum absolute atomic E-state index is 0.389. The number of carbonyl (C=O) groups excluding carboxylic acids is 2. The van der Waals surface area contributed by atoms with Gasteiger partial charge in [0.15, 0.2) is 0 Å². The molecule has 1 aliphatic carbocycles. The third-order valence-corrected chi connectivity index (χ3v) is 6.16. The second kappa shape index (κ2) is 11.7. The van der Waals surface area contributed by atoms with Gasteiger partial charge in [-0.25, -0.2) is 9.59 Å². The van der Waals surface area contributed by atoms with Crippen molar-refractivity contribution in [3.8, 4) is 0 Å². The number of carbonyl (C=O) groups is 2. The van der Waals surface area contributed by atoms with Crippen molar-refractivity contribution in [2.75, 3.05) is 25.1 Å². The molecule has 0 heterocycles. The van der Waals surface area contributed by atoms with E-state index >= 15 is 0 Å². The number of nitrogens with two attached hydrogens (primary N) is 1. The molecule has 0 aromatic heterocycles. The lowest BCUT2D eigenvalue weighted by Crippen LogP contribution is -2.30. The zero-order chi connectivity index (χ0) is 23.8. The zero-order valence-corrected chi connectivity index (χ0v) is 20.1. The minimum atomic E-state index is -0.786. The van der Waals surface area contributed by atoms with E-state index in [0.29, 0.717) is 18.4 Å². The first-order valence-corrected chi connectivity index (χ1v) is 12.0. The Morgan fingerprint density at radius 1 is 1.03 bits per heavy atom. The van der Waals surface area contributed by atoms with Crippen LogP contribution in [0.2, 0.25) is 0 Å². The highest BCUT2D eigenvalue weighted by molar-refractivity contribution is 5.89. The third-order valence-electron chi connectivity index (χ3n) is 6.16. The van der Waals surface area contributed by atoms with Gasteiger partial charge in [-0.05, 0) is 72.6 Å². The molecule has 6 nitrogen and oxygen atoms in total. The Bertz CT molecular complexity index is 967. The normalized spacial score (nSPS) is 13.3. The summed E-state index contributed by atoms with van der Waals surface area (Å²) in [5.41, 5.74) is 12.1. The molecule has 2 aromatic rings. The van der Waals surface area contributed by atoms with Gasteiger partial charge < -0.3 is 20.1 Å². The lowest BCUT2D eigenvalue weighted by molar-refractivity contribution is 0.0600. The summed E-state index contributed by atoms with van der Waals surface area (Å²) in [6.45, 7) is 6.37. The first-order valence-electron chi connectivity index (χ1n) is 12.0. The van der Waals surface area contributed by atoms with Gasteiger partial charge in [-0.2, -0.15) is 0 Å². The molecule has 0 aliphatic heterocycles. The average Bonchev–Trinajstić information content (AvgIpc) is 3.25. The van der Waals surface area contributed by atoms with E-state index in [9.17, 15) is 9.59 Å². The number of rotatable bonds is 11. The van der Waals surface area contributed by atoms with E-state index in [1.54, 1.807) is 12.1 Å². The zero-order valence-electron chi connectivity index (χ0n) is 20.1. The molecular weight excluding hydrogens is 416 g/mol. The van der Waals surface area contributed by atoms with Crippen LogP contribution < -0.4 is 10.6 Å². The lowest BCUT2D eigenvalue weighted by atomic mass is 9.95. The number of methoxy groups -OCH3 is 1. The fourth-order valence-electron chi connectivity index (χ4n) is 4.78. The van der Waals surface area contributed by atoms with Crippen LogP contribution in [0.25, 0.3) is 0 Å². The van der Waals surface area contributed by atoms with E-state index < -0.39 is 12.2 Å². The predicted octanol–water partition coefficient (Wildman–Crippen LogP) is 4.84. The molecular formula is C27H36N2O4. The van der Waals surface area contributed by atoms with Crippen molar-refractivity contribution >= 4 is 17.7 Å². The molecule has 0 saturated heterocycles. The van der Waals surface area contributed by atoms with Crippen LogP contribution in [0.4, 0.5) is 10.5 Å². The van der Waals surface area contributed by atoms with Gasteiger partial charge in [-0.1, -0.05) is 32.0 Å². The smallest absolute Gasteiger partial charge is 0.404 e. The number of anilines is 1. The van der Waals surface area contributed by atoms with E-state index in [1.807, 2.05) is 12.1 Å². The van der Waals surface area contributed by atoms with Crippen LogP contribution in [0, 0.1) is 0 Å². The van der Waals surface area contributed by atoms with Crippen LogP contribution >= 0.6 is 0 Å². The van der Waals surface area contributed by atoms with Gasteiger partial charge in [0.25, 0.3) is 0 Å². The van der Waals surface area contributed by atoms with Crippen molar-refractivity contribution in [2.24, 2.45) is 5.73 Å². The van der Waals surface area contributed by atoms with Gasteiger partial charge >= 0.3 is 12.1 Å². The van der Waals surface area contributed by atoms with Crippen molar-refractivity contribution in [1.82, 2.24) is 0 Å². The van der Waals surface area contributed by atoms with E-state index in [4.69, 9.17) is 15.2 Å². The highest BCUT2D eigenvalue weighted by atomic mass is 16.6. The Labute approximate surface area is 197 Å². The molecule has 2 aromatic carbocycles. The van der Waals surface area contributed by atoms with Gasteiger partial charge in [0.1, 0.15) is 6.10 Å². The van der Waals surface area contributed by atoms with Crippen molar-refractivity contribution in [3.63, 3.8) is 0 Å². The van der Waals surface area contributed by atoms with E-state index in [0.717, 1.165) is 44.3 Å². The van der Waals surface area contributed by atoms with Gasteiger partial charge in [-0.15, -0.1) is 0 Å². The maximum Gasteiger partial charge on any atom is 0.404 e. The summed E-state index contributed by atoms with van der Waals surface area (Å²) in [6.07, 6.45) is 5.34. The van der Waals surface area contributed by atoms with Gasteiger partial charge in [0, 0.05) is 31.6 Å². The molecule has 2 N–H and O–H groups in total. The topological polar surface area (TPSA) is 81.9 Å². The first-order chi connectivity index (χ1) is 15.9. The van der Waals surface area contributed by atoms with E-state index in [2.05, 4.69) is 30.9 Å². The molecule has 1 unspecified atom stereocenters. The lowest BCUT2D eigenvalue weighted by Gasteiger charge is -2.29. The van der Waals surface area contributed by atoms with E-state index in [1.165, 1.54) is 35.9 Å². The number of primary amides is 1. The summed E-state index contributed by atoms with van der Waals surface area (Å²) in [6, 6.07) is 11.9. The highest BCUT2D eigenvalue weighted by Crippen LogP contribution is 2.32. The summed E-state index contributed by atoms with van der Waals surface area (Å²) in [7, 11) is 1.36. The summed E-state index contributed by atoms with van der Waals surface area (Å²) in [5, 5.41) is 0. The summed E-state index contributed by atoms with van der Waals surface area (Å²) in [5.74, 6) is -0.389. The molecule has 3 rings (SSSR count). The standard InChI is InChI=1S/C27H36N2O4/c1-4-12-29(13-5-2)25-18-21-10-7-9-20(21)16-23(25)17-24(33-27(28)31)15-19-8-6-11-22(14-19)26(30)32-3/h6,8,11,14,16,18,24H,4-5,7,9-10,12-13,15,17H2,1-3H3,(H2,28,31). The number of aryl methyl sites for hydroxylation is 2. The van der Waals surface area contributed by atoms with Crippen LogP contribution in [-0.4, -0.2) is 38.4 Å². The molecule has 1 atom stereocenters. The summed E-state index contributed by atoms with van der Waals surface area (Å²) in [4.78, 5) is 26.1. The molecule has 0 radical (unpaired) electrons. The molecule has 0 bridgehead atoms. The number of ether oxygens (including phenoxy) is 2. The molecule has 1 aliphatic rings. The quantitative estimate of drug-likeness (QED) is 0.494. The molecule has 0 spiro atoms. The second-order valence-electron chi connectivity index (χ2n) is 8.75. The Balaban J connectivity index is 1.92. The maximum atomic E-state index is 11.9. The second-order valence-corrected chi connectivity index (χ2v) is 8.75. The number of amides is 1. The number of nitrogens with zero attached hydrogens (tertiary/aromatic N) is 1. The number of esters is 1. The van der Waals surface area contributed by atoms with Crippen molar-refractivity contribution < 1.29 is 19.1 Å². The van der Waals surface area contributed by atoms with Crippen LogP contribution in [0.15, 0.2) is 36.4 Å². The molecule has 1 amide bonds. The summed E-state index contributed by atoms with van der Waals surface area (Å²) < 4.78 is 10.4. The van der Waals surface area contributed by atoms with Crippen molar-refractivity contribution in [3.05, 3.63) is 64.2 Å². The molecule has 0 fully saturated rings. The van der Waals surface area contributed by atoms with Crippen molar-refractivity contribution in [2.45, 2.75) is 64.9 Å². The largest absolute Gasteiger partial charge is 0.465 e. The van der Waals surface area contributed by atoms with Gasteiger partial charge in [0.2, 0.25) is 0 Å². The number of hydrogen-bond donors (Lipinski definition) is 1. The average molecular weight is 453 g/mol. The number of hydrogen-bond acceptors (Lipinski definition) is 5. The highest BCUT2D eigenvalue weighted by Gasteiger charge is 2.22. The van der Waals surface area contributed by atoms with Crippen LogP contribution in [0.5, 0.6) is 0 Å². The molecule has 0 saturated carbocycles. The molecule has 178 valence electrons. The Morgan fingerprint density at radius 2 is 1.73 bits per heavy atom. The van der Waals surface area contributed by atoms with Crippen LogP contribution in [0.3, 0.4) is 0 Å². The maximum absolute atomic E-state index is 11.9. The SMILES string of the molecule is CCCN(CCC)c1cc2c(cc1CC(Cc1cccc(C(=O)OC)c1)OC(N)=O)CCC2. The third kappa shape index (κ3) is 6.50. The Morgan fingerprint density at radius 3 is 2.36 bits per heavy atom. The van der Waals surface area contributed by atoms with Crippen LogP contribution in [0.1, 0.15) is 65.7 Å². The first kappa shape index (κ1) is 24.6. The molecule has 6 heteroatoms. The predicted molar refractivity (Wildman–Crippen MR) is 131 cm³/mol. The van der Waals surface area contributed by atoms with Crippen molar-refractivity contribution in [1.29, 1.82) is 0 Å². The van der Waals surface area contributed by atoms with E-state index in [-0.39, 0.29) is 5.97 Å². The fourth-order valence-corrected chi connectivity index (χ4v) is 4.78. The minimum Gasteiger partial charge on any atom is -0.465 e. The molecule has 33 heavy (non-hydrogen) atoms. The Kier molecular flexibility index (Phi) is 8.75. The Hall–Kier alpha value is -3.02. The fraction of sp³-hybridized carbons (Fsp3) is 0.481. The number of fused-ring (bicyclic) bond motifs is 1. The van der Waals surface area contributed by atoms with Gasteiger partial charge in [0.05, 0.1) is 12.7 Å². The van der Waals surface area contributed by atoms with Crippen LogP contribution in [-0.2, 0) is 35.2 Å². The number of benzene rings is 2. The van der Waals surface area contributed by atoms with Gasteiger partial charge in [-0.3, -0.25) is 0 Å².